The summed E-state index contributed by atoms with van der Waals surface area (Å²) < 4.78 is 5.58. The maximum Gasteiger partial charge on any atom is 0.289 e. The average Bonchev–Trinajstić information content (AvgIpc) is 3.19. The highest BCUT2D eigenvalue weighted by molar-refractivity contribution is 5.94. The van der Waals surface area contributed by atoms with E-state index in [1.807, 2.05) is 31.2 Å². The first-order chi connectivity index (χ1) is 13.6. The Morgan fingerprint density at radius 1 is 1.29 bits per heavy atom. The van der Waals surface area contributed by atoms with Crippen molar-refractivity contribution in [2.45, 2.75) is 6.92 Å². The molecule has 2 aromatic carbocycles. The predicted molar refractivity (Wildman–Crippen MR) is 103 cm³/mol. The zero-order valence-corrected chi connectivity index (χ0v) is 15.0. The molecule has 1 heterocycles. The molecule has 0 spiro atoms. The van der Waals surface area contributed by atoms with E-state index < -0.39 is 10.8 Å². The van der Waals surface area contributed by atoms with Gasteiger partial charge < -0.3 is 4.74 Å². The molecule has 0 aliphatic carbocycles. The molecule has 0 aliphatic heterocycles. The molecule has 0 bridgehead atoms. The number of H-pyrrole nitrogens is 1. The van der Waals surface area contributed by atoms with Crippen LogP contribution in [0.5, 0.6) is 5.75 Å². The molecule has 1 amide bonds. The second-order valence-corrected chi connectivity index (χ2v) is 5.64. The van der Waals surface area contributed by atoms with Gasteiger partial charge in [-0.25, -0.2) is 5.43 Å². The van der Waals surface area contributed by atoms with Crippen LogP contribution in [0.1, 0.15) is 23.0 Å². The Morgan fingerprint density at radius 3 is 2.75 bits per heavy atom. The molecule has 0 radical (unpaired) electrons. The van der Waals surface area contributed by atoms with Crippen LogP contribution in [-0.4, -0.2) is 33.8 Å². The highest BCUT2D eigenvalue weighted by atomic mass is 16.6. The number of para-hydroxylation sites is 1. The highest BCUT2D eigenvalue weighted by Gasteiger charge is 2.13. The van der Waals surface area contributed by atoms with E-state index in [1.165, 1.54) is 30.5 Å². The largest absolute Gasteiger partial charge is 0.493 e. The van der Waals surface area contributed by atoms with Crippen LogP contribution in [0.4, 0.5) is 5.69 Å². The lowest BCUT2D eigenvalue weighted by Crippen LogP contribution is -2.17. The van der Waals surface area contributed by atoms with Crippen LogP contribution in [0, 0.1) is 10.1 Å². The van der Waals surface area contributed by atoms with E-state index in [2.05, 4.69) is 20.7 Å². The van der Waals surface area contributed by atoms with Gasteiger partial charge in [0.2, 0.25) is 0 Å². The molecule has 0 saturated heterocycles. The number of nitro groups is 1. The number of aromatic nitrogens is 2. The van der Waals surface area contributed by atoms with Crippen LogP contribution in [0.3, 0.4) is 0 Å². The SMILES string of the molecule is CCOc1ccccc1-c1cc(C(=O)N/N=C/c2ccc([N+](=O)[O-])cc2)[nH]n1. The summed E-state index contributed by atoms with van der Waals surface area (Å²) in [5.74, 6) is 0.213. The van der Waals surface area contributed by atoms with Crippen molar-refractivity contribution in [3.05, 3.63) is 76.0 Å². The number of hydrogen-bond donors (Lipinski definition) is 2. The Labute approximate surface area is 160 Å². The van der Waals surface area contributed by atoms with Gasteiger partial charge in [0.1, 0.15) is 11.4 Å². The van der Waals surface area contributed by atoms with Crippen LogP contribution in [0.25, 0.3) is 11.3 Å². The summed E-state index contributed by atoms with van der Waals surface area (Å²) in [6.45, 7) is 2.41. The van der Waals surface area contributed by atoms with E-state index in [0.29, 0.717) is 23.6 Å². The van der Waals surface area contributed by atoms with E-state index in [9.17, 15) is 14.9 Å². The summed E-state index contributed by atoms with van der Waals surface area (Å²) in [5.41, 5.74) is 4.57. The van der Waals surface area contributed by atoms with E-state index in [0.717, 1.165) is 5.56 Å². The number of carbonyl (C=O) groups is 1. The number of carbonyl (C=O) groups excluding carboxylic acids is 1. The molecule has 1 aromatic heterocycles. The number of amides is 1. The van der Waals surface area contributed by atoms with Crippen molar-refractivity contribution in [2.24, 2.45) is 5.10 Å². The Balaban J connectivity index is 1.67. The van der Waals surface area contributed by atoms with E-state index in [-0.39, 0.29) is 11.4 Å². The molecule has 3 aromatic rings. The number of ether oxygens (including phenoxy) is 1. The van der Waals surface area contributed by atoms with Gasteiger partial charge in [-0.3, -0.25) is 20.0 Å². The summed E-state index contributed by atoms with van der Waals surface area (Å²) in [7, 11) is 0. The van der Waals surface area contributed by atoms with E-state index in [1.54, 1.807) is 6.07 Å². The van der Waals surface area contributed by atoms with E-state index >= 15 is 0 Å². The number of nitrogens with zero attached hydrogens (tertiary/aromatic N) is 3. The van der Waals surface area contributed by atoms with Crippen LogP contribution in [0.15, 0.2) is 59.7 Å². The lowest BCUT2D eigenvalue weighted by Gasteiger charge is -2.07. The molecule has 2 N–H and O–H groups in total. The van der Waals surface area contributed by atoms with Crippen molar-refractivity contribution in [1.29, 1.82) is 0 Å². The lowest BCUT2D eigenvalue weighted by atomic mass is 10.1. The molecular weight excluding hydrogens is 362 g/mol. The maximum absolute atomic E-state index is 12.2. The highest BCUT2D eigenvalue weighted by Crippen LogP contribution is 2.28. The summed E-state index contributed by atoms with van der Waals surface area (Å²) in [5, 5.41) is 21.3. The average molecular weight is 379 g/mol. The molecular formula is C19H17N5O4. The Hall–Kier alpha value is -4.01. The third kappa shape index (κ3) is 4.39. The zero-order valence-electron chi connectivity index (χ0n) is 15.0. The predicted octanol–water partition coefficient (Wildman–Crippen LogP) is 3.15. The van der Waals surface area contributed by atoms with Crippen molar-refractivity contribution in [3.63, 3.8) is 0 Å². The first kappa shape index (κ1) is 18.8. The van der Waals surface area contributed by atoms with Crippen molar-refractivity contribution in [1.82, 2.24) is 15.6 Å². The minimum atomic E-state index is -0.484. The summed E-state index contributed by atoms with van der Waals surface area (Å²) >= 11 is 0. The molecule has 0 aliphatic rings. The Morgan fingerprint density at radius 2 is 2.04 bits per heavy atom. The number of hydrazone groups is 1. The molecule has 0 unspecified atom stereocenters. The van der Waals surface area contributed by atoms with Gasteiger partial charge in [-0.05, 0) is 42.8 Å². The summed E-state index contributed by atoms with van der Waals surface area (Å²) in [4.78, 5) is 22.4. The maximum atomic E-state index is 12.2. The molecule has 0 atom stereocenters. The summed E-state index contributed by atoms with van der Waals surface area (Å²) in [6.07, 6.45) is 1.39. The fraction of sp³-hybridized carbons (Fsp3) is 0.105. The number of hydrogen-bond acceptors (Lipinski definition) is 6. The fourth-order valence-electron chi connectivity index (χ4n) is 2.44. The topological polar surface area (TPSA) is 123 Å². The second kappa shape index (κ2) is 8.58. The molecule has 142 valence electrons. The number of aromatic amines is 1. The molecule has 28 heavy (non-hydrogen) atoms. The third-order valence-corrected chi connectivity index (χ3v) is 3.77. The van der Waals surface area contributed by atoms with Gasteiger partial charge >= 0.3 is 0 Å². The van der Waals surface area contributed by atoms with Gasteiger partial charge in [-0.2, -0.15) is 10.2 Å². The van der Waals surface area contributed by atoms with Crippen molar-refractivity contribution in [2.75, 3.05) is 6.61 Å². The van der Waals surface area contributed by atoms with Crippen LogP contribution < -0.4 is 10.2 Å². The van der Waals surface area contributed by atoms with Gasteiger partial charge in [0, 0.05) is 17.7 Å². The fourth-order valence-corrected chi connectivity index (χ4v) is 2.44. The first-order valence-electron chi connectivity index (χ1n) is 8.44. The molecule has 9 heteroatoms. The Bertz CT molecular complexity index is 1010. The van der Waals surface area contributed by atoms with Crippen molar-refractivity contribution >= 4 is 17.8 Å². The lowest BCUT2D eigenvalue weighted by molar-refractivity contribution is -0.384. The minimum absolute atomic E-state index is 0.0153. The monoisotopic (exact) mass is 379 g/mol. The Kier molecular flexibility index (Phi) is 5.75. The van der Waals surface area contributed by atoms with Gasteiger partial charge in [0.25, 0.3) is 11.6 Å². The number of nitrogens with one attached hydrogen (secondary N) is 2. The number of non-ortho nitro benzene ring substituents is 1. The molecule has 0 saturated carbocycles. The van der Waals surface area contributed by atoms with Crippen LogP contribution >= 0.6 is 0 Å². The minimum Gasteiger partial charge on any atom is -0.493 e. The first-order valence-corrected chi connectivity index (χ1v) is 8.44. The van der Waals surface area contributed by atoms with Crippen molar-refractivity contribution < 1.29 is 14.5 Å². The second-order valence-electron chi connectivity index (χ2n) is 5.64. The number of benzene rings is 2. The molecule has 3 rings (SSSR count). The smallest absolute Gasteiger partial charge is 0.289 e. The normalized spacial score (nSPS) is 10.8. The summed E-state index contributed by atoms with van der Waals surface area (Å²) in [6, 6.07) is 14.8. The molecule has 9 nitrogen and oxygen atoms in total. The quantitative estimate of drug-likeness (QED) is 0.371. The standard InChI is InChI=1S/C19H17N5O4/c1-2-28-18-6-4-3-5-15(18)16-11-17(22-21-16)19(25)23-20-12-13-7-9-14(10-8-13)24(26)27/h3-12H,2H2,1H3,(H,21,22)(H,23,25)/b20-12+. The van der Waals surface area contributed by atoms with Crippen LogP contribution in [-0.2, 0) is 0 Å². The van der Waals surface area contributed by atoms with Gasteiger partial charge in [-0.15, -0.1) is 0 Å². The number of nitro benzene ring substituents is 1. The van der Waals surface area contributed by atoms with Crippen molar-refractivity contribution in [3.8, 4) is 17.0 Å². The zero-order chi connectivity index (χ0) is 19.9. The van der Waals surface area contributed by atoms with E-state index in [4.69, 9.17) is 4.74 Å². The van der Waals surface area contributed by atoms with Gasteiger partial charge in [0.15, 0.2) is 0 Å². The molecule has 0 fully saturated rings. The third-order valence-electron chi connectivity index (χ3n) is 3.77. The number of rotatable bonds is 7. The van der Waals surface area contributed by atoms with Gasteiger partial charge in [0.05, 0.1) is 23.4 Å². The van der Waals surface area contributed by atoms with Crippen LogP contribution in [0.2, 0.25) is 0 Å². The van der Waals surface area contributed by atoms with Gasteiger partial charge in [-0.1, -0.05) is 12.1 Å².